The fourth-order valence-corrected chi connectivity index (χ4v) is 4.54. The summed E-state index contributed by atoms with van der Waals surface area (Å²) in [6, 6.07) is 4.72. The first-order valence-electron chi connectivity index (χ1n) is 8.76. The van der Waals surface area contributed by atoms with Gasteiger partial charge >= 0.3 is 11.9 Å². The maximum atomic E-state index is 12.6. The standard InChI is InChI=1S/C20H26O5/c1-12(21)24-15-7-6-13(10-16(15)23-5)18(22)25-17-11-14-8-9-20(17,4)19(14,2)3/h6-7,10,14,17H,8-9,11H2,1-5H3/t14-,17+,20-/m0/s1. The Morgan fingerprint density at radius 3 is 2.40 bits per heavy atom. The van der Waals surface area contributed by atoms with E-state index in [0.29, 0.717) is 23.0 Å². The van der Waals surface area contributed by atoms with Crippen molar-refractivity contribution in [1.29, 1.82) is 0 Å². The zero-order valence-corrected chi connectivity index (χ0v) is 15.5. The second-order valence-corrected chi connectivity index (χ2v) is 7.96. The molecule has 5 nitrogen and oxygen atoms in total. The summed E-state index contributed by atoms with van der Waals surface area (Å²) in [7, 11) is 1.47. The van der Waals surface area contributed by atoms with Crippen LogP contribution < -0.4 is 9.47 Å². The second kappa shape index (κ2) is 6.04. The van der Waals surface area contributed by atoms with Crippen molar-refractivity contribution in [3.05, 3.63) is 23.8 Å². The lowest BCUT2D eigenvalue weighted by Crippen LogP contribution is -2.38. The molecule has 0 radical (unpaired) electrons. The van der Waals surface area contributed by atoms with Crippen molar-refractivity contribution in [2.75, 3.05) is 7.11 Å². The lowest BCUT2D eigenvalue weighted by atomic mass is 9.70. The summed E-state index contributed by atoms with van der Waals surface area (Å²) in [5.74, 6) is 0.438. The molecule has 5 heteroatoms. The summed E-state index contributed by atoms with van der Waals surface area (Å²) in [5, 5.41) is 0. The number of hydrogen-bond donors (Lipinski definition) is 0. The van der Waals surface area contributed by atoms with E-state index in [9.17, 15) is 9.59 Å². The topological polar surface area (TPSA) is 61.8 Å². The first-order chi connectivity index (χ1) is 11.7. The van der Waals surface area contributed by atoms with Gasteiger partial charge in [0, 0.05) is 12.3 Å². The molecule has 0 spiro atoms. The van der Waals surface area contributed by atoms with E-state index in [1.807, 2.05) is 0 Å². The Bertz CT molecular complexity index is 708. The summed E-state index contributed by atoms with van der Waals surface area (Å²) in [6.07, 6.45) is 3.17. The molecule has 136 valence electrons. The summed E-state index contributed by atoms with van der Waals surface area (Å²) in [4.78, 5) is 23.8. The van der Waals surface area contributed by atoms with Crippen molar-refractivity contribution in [3.63, 3.8) is 0 Å². The van der Waals surface area contributed by atoms with E-state index in [2.05, 4.69) is 20.8 Å². The van der Waals surface area contributed by atoms with Gasteiger partial charge in [-0.3, -0.25) is 4.79 Å². The molecule has 0 amide bonds. The third kappa shape index (κ3) is 2.79. The Morgan fingerprint density at radius 1 is 1.16 bits per heavy atom. The Hall–Kier alpha value is -2.04. The van der Waals surface area contributed by atoms with Crippen LogP contribution in [0.3, 0.4) is 0 Å². The molecule has 2 fully saturated rings. The molecular weight excluding hydrogens is 320 g/mol. The van der Waals surface area contributed by atoms with Crippen LogP contribution in [-0.2, 0) is 9.53 Å². The molecule has 0 aliphatic heterocycles. The molecule has 0 N–H and O–H groups in total. The van der Waals surface area contributed by atoms with Crippen molar-refractivity contribution in [2.45, 2.75) is 53.1 Å². The highest BCUT2D eigenvalue weighted by atomic mass is 16.6. The fourth-order valence-electron chi connectivity index (χ4n) is 4.54. The zero-order chi connectivity index (χ0) is 18.4. The number of carbonyl (C=O) groups is 2. The highest BCUT2D eigenvalue weighted by molar-refractivity contribution is 5.90. The summed E-state index contributed by atoms with van der Waals surface area (Å²) < 4.78 is 16.2. The van der Waals surface area contributed by atoms with Crippen molar-refractivity contribution in [1.82, 2.24) is 0 Å². The van der Waals surface area contributed by atoms with Crippen molar-refractivity contribution in [2.24, 2.45) is 16.7 Å². The van der Waals surface area contributed by atoms with E-state index in [1.165, 1.54) is 20.5 Å². The average molecular weight is 346 g/mol. The SMILES string of the molecule is COc1cc(C(=O)O[C@@H]2C[C@@H]3CC[C@]2(C)C3(C)C)ccc1OC(C)=O. The van der Waals surface area contributed by atoms with Crippen molar-refractivity contribution < 1.29 is 23.8 Å². The van der Waals surface area contributed by atoms with E-state index in [1.54, 1.807) is 18.2 Å². The van der Waals surface area contributed by atoms with Gasteiger partial charge in [-0.25, -0.2) is 4.79 Å². The van der Waals surface area contributed by atoms with E-state index in [-0.39, 0.29) is 22.9 Å². The Kier molecular flexibility index (Phi) is 4.30. The van der Waals surface area contributed by atoms with Crippen LogP contribution in [0.15, 0.2) is 18.2 Å². The molecule has 2 bridgehead atoms. The zero-order valence-electron chi connectivity index (χ0n) is 15.5. The molecule has 0 aromatic heterocycles. The van der Waals surface area contributed by atoms with Gasteiger partial charge in [-0.2, -0.15) is 0 Å². The molecule has 0 unspecified atom stereocenters. The number of fused-ring (bicyclic) bond motifs is 2. The van der Waals surface area contributed by atoms with Gasteiger partial charge in [0.05, 0.1) is 12.7 Å². The van der Waals surface area contributed by atoms with E-state index in [0.717, 1.165) is 12.8 Å². The maximum absolute atomic E-state index is 12.6. The smallest absolute Gasteiger partial charge is 0.338 e. The minimum absolute atomic E-state index is 0.0229. The van der Waals surface area contributed by atoms with Crippen LogP contribution in [-0.4, -0.2) is 25.2 Å². The molecule has 3 rings (SSSR count). The second-order valence-electron chi connectivity index (χ2n) is 7.96. The van der Waals surface area contributed by atoms with E-state index < -0.39 is 5.97 Å². The number of esters is 2. The largest absolute Gasteiger partial charge is 0.493 e. The van der Waals surface area contributed by atoms with Gasteiger partial charge in [0.1, 0.15) is 6.10 Å². The molecule has 1 aromatic carbocycles. The Morgan fingerprint density at radius 2 is 1.88 bits per heavy atom. The number of benzene rings is 1. The average Bonchev–Trinajstić information content (AvgIpc) is 2.88. The molecule has 1 aromatic rings. The summed E-state index contributed by atoms with van der Waals surface area (Å²) >= 11 is 0. The Balaban J connectivity index is 1.77. The molecule has 2 aliphatic rings. The molecule has 3 atom stereocenters. The normalized spacial score (nSPS) is 29.3. The monoisotopic (exact) mass is 346 g/mol. The van der Waals surface area contributed by atoms with Crippen LogP contribution in [0.25, 0.3) is 0 Å². The van der Waals surface area contributed by atoms with Crippen LogP contribution in [0.5, 0.6) is 11.5 Å². The molecule has 25 heavy (non-hydrogen) atoms. The third-order valence-corrected chi connectivity index (χ3v) is 6.62. The highest BCUT2D eigenvalue weighted by Crippen LogP contribution is 2.66. The van der Waals surface area contributed by atoms with Gasteiger partial charge in [0.2, 0.25) is 0 Å². The Labute approximate surface area is 148 Å². The van der Waals surface area contributed by atoms with Gasteiger partial charge in [0.25, 0.3) is 0 Å². The quantitative estimate of drug-likeness (QED) is 0.609. The number of rotatable bonds is 4. The lowest BCUT2D eigenvalue weighted by Gasteiger charge is -2.38. The minimum Gasteiger partial charge on any atom is -0.493 e. The van der Waals surface area contributed by atoms with Crippen molar-refractivity contribution >= 4 is 11.9 Å². The first kappa shape index (κ1) is 17.8. The summed E-state index contributed by atoms with van der Waals surface area (Å²) in [5.41, 5.74) is 0.612. The van der Waals surface area contributed by atoms with Crippen LogP contribution in [0.2, 0.25) is 0 Å². The number of methoxy groups -OCH3 is 1. The van der Waals surface area contributed by atoms with Gasteiger partial charge < -0.3 is 14.2 Å². The lowest BCUT2D eigenvalue weighted by molar-refractivity contribution is -0.132. The molecule has 0 heterocycles. The van der Waals surface area contributed by atoms with Gasteiger partial charge in [-0.15, -0.1) is 0 Å². The van der Waals surface area contributed by atoms with Crippen LogP contribution in [0, 0.1) is 16.7 Å². The number of ether oxygens (including phenoxy) is 3. The van der Waals surface area contributed by atoms with Gasteiger partial charge in [0.15, 0.2) is 11.5 Å². The molecular formula is C20H26O5. The molecule has 2 aliphatic carbocycles. The van der Waals surface area contributed by atoms with Gasteiger partial charge in [-0.1, -0.05) is 20.8 Å². The van der Waals surface area contributed by atoms with Crippen LogP contribution in [0.4, 0.5) is 0 Å². The highest BCUT2D eigenvalue weighted by Gasteiger charge is 2.62. The first-order valence-corrected chi connectivity index (χ1v) is 8.76. The van der Waals surface area contributed by atoms with E-state index in [4.69, 9.17) is 14.2 Å². The molecule has 2 saturated carbocycles. The predicted octanol–water partition coefficient (Wildman–Crippen LogP) is 3.99. The van der Waals surface area contributed by atoms with Crippen LogP contribution >= 0.6 is 0 Å². The maximum Gasteiger partial charge on any atom is 0.338 e. The summed E-state index contributed by atoms with van der Waals surface area (Å²) in [6.45, 7) is 8.13. The fraction of sp³-hybridized carbons (Fsp3) is 0.600. The van der Waals surface area contributed by atoms with Crippen molar-refractivity contribution in [3.8, 4) is 11.5 Å². The number of hydrogen-bond acceptors (Lipinski definition) is 5. The predicted molar refractivity (Wildman–Crippen MR) is 92.7 cm³/mol. The van der Waals surface area contributed by atoms with Crippen LogP contribution in [0.1, 0.15) is 57.3 Å². The van der Waals surface area contributed by atoms with E-state index >= 15 is 0 Å². The van der Waals surface area contributed by atoms with Gasteiger partial charge in [-0.05, 0) is 48.8 Å². The number of carbonyl (C=O) groups excluding carboxylic acids is 2. The third-order valence-electron chi connectivity index (χ3n) is 6.62. The minimum atomic E-state index is -0.439. The molecule has 0 saturated heterocycles.